The average molecular weight is 230 g/mol. The highest BCUT2D eigenvalue weighted by Gasteiger charge is 2.35. The van der Waals surface area contributed by atoms with Crippen LogP contribution in [0.1, 0.15) is 12.8 Å². The van der Waals surface area contributed by atoms with Crippen LogP contribution < -0.4 is 16.4 Å². The quantitative estimate of drug-likeness (QED) is 0.607. The Morgan fingerprint density at radius 1 is 1.38 bits per heavy atom. The number of amides is 1. The van der Waals surface area contributed by atoms with Crippen molar-refractivity contribution in [3.63, 3.8) is 0 Å². The molecule has 1 fully saturated rings. The number of hydrogen-bond donors (Lipinski definition) is 3. The SMILES string of the molecule is CNC1(C(N)=O)CCNCC1.Cl.Cl. The fraction of sp³-hybridized carbons (Fsp3) is 0.857. The van der Waals surface area contributed by atoms with Gasteiger partial charge in [-0.05, 0) is 33.0 Å². The number of hydrogen-bond acceptors (Lipinski definition) is 3. The zero-order chi connectivity index (χ0) is 8.32. The highest BCUT2D eigenvalue weighted by atomic mass is 35.5. The van der Waals surface area contributed by atoms with Crippen molar-refractivity contribution < 1.29 is 4.79 Å². The lowest BCUT2D eigenvalue weighted by atomic mass is 9.88. The Kier molecular flexibility index (Phi) is 7.64. The van der Waals surface area contributed by atoms with Crippen molar-refractivity contribution in [1.29, 1.82) is 0 Å². The smallest absolute Gasteiger partial charge is 0.237 e. The lowest BCUT2D eigenvalue weighted by Gasteiger charge is -2.34. The van der Waals surface area contributed by atoms with Crippen molar-refractivity contribution in [3.05, 3.63) is 0 Å². The maximum atomic E-state index is 11.0. The van der Waals surface area contributed by atoms with E-state index < -0.39 is 5.54 Å². The summed E-state index contributed by atoms with van der Waals surface area (Å²) in [5.74, 6) is -0.235. The van der Waals surface area contributed by atoms with E-state index in [2.05, 4.69) is 10.6 Å². The van der Waals surface area contributed by atoms with Gasteiger partial charge in [-0.3, -0.25) is 4.79 Å². The zero-order valence-corrected chi connectivity index (χ0v) is 9.26. The number of primary amides is 1. The molecule has 4 N–H and O–H groups in total. The summed E-state index contributed by atoms with van der Waals surface area (Å²) in [6.45, 7) is 1.73. The molecule has 0 aromatic heterocycles. The third-order valence-corrected chi connectivity index (χ3v) is 2.41. The molecule has 13 heavy (non-hydrogen) atoms. The molecule has 4 nitrogen and oxygen atoms in total. The van der Waals surface area contributed by atoms with Gasteiger partial charge in [0.2, 0.25) is 5.91 Å². The normalized spacial score (nSPS) is 19.5. The van der Waals surface area contributed by atoms with Gasteiger partial charge in [0.25, 0.3) is 0 Å². The number of carbonyl (C=O) groups is 1. The summed E-state index contributed by atoms with van der Waals surface area (Å²) in [5, 5.41) is 6.18. The van der Waals surface area contributed by atoms with Gasteiger partial charge >= 0.3 is 0 Å². The number of nitrogens with one attached hydrogen (secondary N) is 2. The molecule has 1 rings (SSSR count). The second-order valence-electron chi connectivity index (χ2n) is 2.95. The first-order valence-electron chi connectivity index (χ1n) is 3.91. The number of nitrogens with two attached hydrogens (primary N) is 1. The first kappa shape index (κ1) is 15.4. The van der Waals surface area contributed by atoms with Gasteiger partial charge in [-0.2, -0.15) is 0 Å². The molecule has 0 aromatic carbocycles. The van der Waals surface area contributed by atoms with E-state index in [1.165, 1.54) is 0 Å². The number of halogens is 2. The zero-order valence-electron chi connectivity index (χ0n) is 7.63. The molecule has 1 aliphatic heterocycles. The molecule has 0 atom stereocenters. The van der Waals surface area contributed by atoms with Gasteiger partial charge in [-0.25, -0.2) is 0 Å². The second-order valence-corrected chi connectivity index (χ2v) is 2.95. The standard InChI is InChI=1S/C7H15N3O.2ClH/c1-9-7(6(8)11)2-4-10-5-3-7;;/h9-10H,2-5H2,1H3,(H2,8,11);2*1H. The fourth-order valence-electron chi connectivity index (χ4n) is 1.47. The summed E-state index contributed by atoms with van der Waals surface area (Å²) in [4.78, 5) is 11.0. The van der Waals surface area contributed by atoms with Crippen LogP contribution in [0.3, 0.4) is 0 Å². The van der Waals surface area contributed by atoms with Crippen molar-refractivity contribution >= 4 is 30.7 Å². The minimum Gasteiger partial charge on any atom is -0.368 e. The van der Waals surface area contributed by atoms with Crippen LogP contribution in [-0.2, 0) is 4.79 Å². The molecule has 0 spiro atoms. The molecule has 0 aliphatic carbocycles. The monoisotopic (exact) mass is 229 g/mol. The summed E-state index contributed by atoms with van der Waals surface area (Å²) in [7, 11) is 1.79. The second kappa shape index (κ2) is 6.43. The lowest BCUT2D eigenvalue weighted by Crippen LogP contribution is -2.59. The van der Waals surface area contributed by atoms with Gasteiger partial charge in [0, 0.05) is 0 Å². The molecule has 1 saturated heterocycles. The predicted molar refractivity (Wildman–Crippen MR) is 57.6 cm³/mol. The van der Waals surface area contributed by atoms with E-state index in [0.717, 1.165) is 25.9 Å². The van der Waals surface area contributed by atoms with Gasteiger partial charge in [-0.1, -0.05) is 0 Å². The Morgan fingerprint density at radius 2 is 1.85 bits per heavy atom. The molecule has 1 amide bonds. The molecule has 1 aliphatic rings. The molecule has 80 valence electrons. The van der Waals surface area contributed by atoms with E-state index in [-0.39, 0.29) is 30.7 Å². The summed E-state index contributed by atoms with van der Waals surface area (Å²) < 4.78 is 0. The molecular weight excluding hydrogens is 213 g/mol. The summed E-state index contributed by atoms with van der Waals surface area (Å²) in [5.41, 5.74) is 4.83. The van der Waals surface area contributed by atoms with Crippen LogP contribution in [0.25, 0.3) is 0 Å². The number of piperidine rings is 1. The molecule has 0 aromatic rings. The van der Waals surface area contributed by atoms with E-state index in [1.54, 1.807) is 7.05 Å². The molecule has 6 heteroatoms. The Hall–Kier alpha value is -0.0300. The van der Waals surface area contributed by atoms with E-state index in [0.29, 0.717) is 0 Å². The lowest BCUT2D eigenvalue weighted by molar-refractivity contribution is -0.125. The Bertz CT molecular complexity index is 160. The van der Waals surface area contributed by atoms with Crippen molar-refractivity contribution in [2.24, 2.45) is 5.73 Å². The minimum absolute atomic E-state index is 0. The average Bonchev–Trinajstić information content (AvgIpc) is 2.05. The number of rotatable bonds is 2. The highest BCUT2D eigenvalue weighted by Crippen LogP contribution is 2.16. The maximum Gasteiger partial charge on any atom is 0.237 e. The minimum atomic E-state index is -0.453. The van der Waals surface area contributed by atoms with Crippen LogP contribution in [0, 0.1) is 0 Å². The summed E-state index contributed by atoms with van der Waals surface area (Å²) in [6, 6.07) is 0. The summed E-state index contributed by atoms with van der Waals surface area (Å²) >= 11 is 0. The van der Waals surface area contributed by atoms with Crippen LogP contribution in [0.5, 0.6) is 0 Å². The molecule has 0 radical (unpaired) electrons. The molecule has 0 bridgehead atoms. The van der Waals surface area contributed by atoms with Crippen molar-refractivity contribution in [3.8, 4) is 0 Å². The van der Waals surface area contributed by atoms with Gasteiger partial charge < -0.3 is 16.4 Å². The van der Waals surface area contributed by atoms with E-state index >= 15 is 0 Å². The van der Waals surface area contributed by atoms with Crippen LogP contribution in [0.4, 0.5) is 0 Å². The van der Waals surface area contributed by atoms with Crippen molar-refractivity contribution in [2.45, 2.75) is 18.4 Å². The van der Waals surface area contributed by atoms with Crippen molar-refractivity contribution in [2.75, 3.05) is 20.1 Å². The molecular formula is C7H17Cl2N3O. The van der Waals surface area contributed by atoms with Crippen LogP contribution in [-0.4, -0.2) is 31.6 Å². The molecule has 0 unspecified atom stereocenters. The van der Waals surface area contributed by atoms with Gasteiger partial charge in [0.1, 0.15) is 0 Å². The number of carbonyl (C=O) groups excluding carboxylic acids is 1. The summed E-state index contributed by atoms with van der Waals surface area (Å²) in [6.07, 6.45) is 1.58. The Labute approximate surface area is 90.8 Å². The van der Waals surface area contributed by atoms with Gasteiger partial charge in [0.05, 0.1) is 5.54 Å². The molecule has 0 saturated carbocycles. The fourth-order valence-corrected chi connectivity index (χ4v) is 1.47. The van der Waals surface area contributed by atoms with E-state index in [4.69, 9.17) is 5.73 Å². The van der Waals surface area contributed by atoms with Crippen LogP contribution in [0.15, 0.2) is 0 Å². The predicted octanol–water partition coefficient (Wildman–Crippen LogP) is -0.343. The van der Waals surface area contributed by atoms with Crippen LogP contribution in [0.2, 0.25) is 0 Å². The number of likely N-dealkylation sites (N-methyl/N-ethyl adjacent to an activating group) is 1. The van der Waals surface area contributed by atoms with Gasteiger partial charge in [0.15, 0.2) is 0 Å². The van der Waals surface area contributed by atoms with E-state index in [1.807, 2.05) is 0 Å². The van der Waals surface area contributed by atoms with Crippen molar-refractivity contribution in [1.82, 2.24) is 10.6 Å². The first-order chi connectivity index (χ1) is 5.21. The maximum absolute atomic E-state index is 11.0. The highest BCUT2D eigenvalue weighted by molar-refractivity contribution is 5.85. The Balaban J connectivity index is 0. The largest absolute Gasteiger partial charge is 0.368 e. The molecule has 1 heterocycles. The Morgan fingerprint density at radius 3 is 2.08 bits per heavy atom. The third-order valence-electron chi connectivity index (χ3n) is 2.41. The first-order valence-corrected chi connectivity index (χ1v) is 3.91. The van der Waals surface area contributed by atoms with Gasteiger partial charge in [-0.15, -0.1) is 24.8 Å². The van der Waals surface area contributed by atoms with Crippen LogP contribution >= 0.6 is 24.8 Å². The third kappa shape index (κ3) is 3.31. The topological polar surface area (TPSA) is 67.1 Å². The van der Waals surface area contributed by atoms with E-state index in [9.17, 15) is 4.79 Å².